The normalized spacial score (nSPS) is 12.0. The molecule has 3 rings (SSSR count). The number of methoxy groups -OCH3 is 1. The fourth-order valence-electron chi connectivity index (χ4n) is 2.84. The van der Waals surface area contributed by atoms with Crippen LogP contribution in [0.4, 0.5) is 5.69 Å². The number of amides is 1. The van der Waals surface area contributed by atoms with Crippen molar-refractivity contribution in [2.24, 2.45) is 5.92 Å². The van der Waals surface area contributed by atoms with Crippen LogP contribution in [0.3, 0.4) is 0 Å². The monoisotopic (exact) mass is 429 g/mol. The Bertz CT molecular complexity index is 1090. The molecule has 3 aromatic rings. The molecule has 9 heteroatoms. The number of aromatic nitrogens is 2. The Kier molecular flexibility index (Phi) is 6.83. The molecule has 2 heterocycles. The summed E-state index contributed by atoms with van der Waals surface area (Å²) in [7, 11) is 1.56. The van der Waals surface area contributed by atoms with E-state index in [9.17, 15) is 14.4 Å². The number of anilines is 1. The molecule has 0 aliphatic heterocycles. The number of thiophene rings is 1. The van der Waals surface area contributed by atoms with Gasteiger partial charge in [0.2, 0.25) is 0 Å². The quantitative estimate of drug-likeness (QED) is 0.553. The van der Waals surface area contributed by atoms with Gasteiger partial charge in [0.25, 0.3) is 11.5 Å². The van der Waals surface area contributed by atoms with Crippen molar-refractivity contribution in [2.45, 2.75) is 32.9 Å². The number of benzene rings is 1. The molecular formula is C21H23N3O5S. The Morgan fingerprint density at radius 2 is 1.93 bits per heavy atom. The Morgan fingerprint density at radius 1 is 1.20 bits per heavy atom. The maximum absolute atomic E-state index is 12.6. The van der Waals surface area contributed by atoms with Crippen LogP contribution in [-0.4, -0.2) is 34.6 Å². The molecule has 0 saturated heterocycles. The SMILES string of the molecule is COc1ccc(NC(=O)C(OC(=O)CCn2cnc3sccc3c2=O)C(C)C)cc1. The maximum atomic E-state index is 12.6. The fourth-order valence-corrected chi connectivity index (χ4v) is 3.57. The molecule has 1 unspecified atom stereocenters. The molecule has 0 fully saturated rings. The first-order valence-electron chi connectivity index (χ1n) is 9.46. The number of nitrogens with one attached hydrogen (secondary N) is 1. The third-order valence-electron chi connectivity index (χ3n) is 4.49. The first-order chi connectivity index (χ1) is 14.4. The van der Waals surface area contributed by atoms with Crippen molar-refractivity contribution in [3.05, 3.63) is 52.4 Å². The van der Waals surface area contributed by atoms with Crippen LogP contribution in [-0.2, 0) is 20.9 Å². The van der Waals surface area contributed by atoms with Gasteiger partial charge in [-0.1, -0.05) is 13.8 Å². The number of hydrogen-bond donors (Lipinski definition) is 1. The predicted octanol–water partition coefficient (Wildman–Crippen LogP) is 3.06. The molecule has 1 atom stereocenters. The summed E-state index contributed by atoms with van der Waals surface area (Å²) in [4.78, 5) is 42.2. The highest BCUT2D eigenvalue weighted by atomic mass is 32.1. The largest absolute Gasteiger partial charge is 0.497 e. The first kappa shape index (κ1) is 21.5. The lowest BCUT2D eigenvalue weighted by molar-refractivity contribution is -0.157. The molecule has 0 saturated carbocycles. The molecule has 158 valence electrons. The summed E-state index contributed by atoms with van der Waals surface area (Å²) < 4.78 is 11.9. The number of carbonyl (C=O) groups excluding carboxylic acids is 2. The molecule has 1 N–H and O–H groups in total. The van der Waals surface area contributed by atoms with Gasteiger partial charge in [-0.05, 0) is 41.6 Å². The van der Waals surface area contributed by atoms with Crippen LogP contribution in [0.25, 0.3) is 10.2 Å². The minimum absolute atomic E-state index is 0.0454. The number of rotatable bonds is 8. The smallest absolute Gasteiger partial charge is 0.308 e. The summed E-state index contributed by atoms with van der Waals surface area (Å²) in [6.45, 7) is 3.72. The van der Waals surface area contributed by atoms with Gasteiger partial charge in [-0.2, -0.15) is 0 Å². The van der Waals surface area contributed by atoms with E-state index < -0.39 is 18.0 Å². The van der Waals surface area contributed by atoms with Crippen molar-refractivity contribution in [3.63, 3.8) is 0 Å². The van der Waals surface area contributed by atoms with Gasteiger partial charge in [-0.25, -0.2) is 4.98 Å². The molecule has 2 aromatic heterocycles. The van der Waals surface area contributed by atoms with Gasteiger partial charge in [-0.15, -0.1) is 11.3 Å². The lowest BCUT2D eigenvalue weighted by atomic mass is 10.1. The van der Waals surface area contributed by atoms with Crippen LogP contribution in [0.15, 0.2) is 46.8 Å². The molecule has 8 nitrogen and oxygen atoms in total. The number of fused-ring (bicyclic) bond motifs is 1. The number of nitrogens with zero attached hydrogens (tertiary/aromatic N) is 2. The van der Waals surface area contributed by atoms with E-state index in [-0.39, 0.29) is 24.4 Å². The van der Waals surface area contributed by atoms with Crippen LogP contribution < -0.4 is 15.6 Å². The highest BCUT2D eigenvalue weighted by Gasteiger charge is 2.26. The highest BCUT2D eigenvalue weighted by Crippen LogP contribution is 2.17. The summed E-state index contributed by atoms with van der Waals surface area (Å²) in [6.07, 6.45) is 0.426. The maximum Gasteiger partial charge on any atom is 0.308 e. The molecule has 0 aliphatic carbocycles. The van der Waals surface area contributed by atoms with Crippen LogP contribution >= 0.6 is 11.3 Å². The highest BCUT2D eigenvalue weighted by molar-refractivity contribution is 7.16. The van der Waals surface area contributed by atoms with E-state index >= 15 is 0 Å². The molecule has 0 aliphatic rings. The Labute approximate surface area is 177 Å². The topological polar surface area (TPSA) is 99.5 Å². The Hall–Kier alpha value is -3.20. The summed E-state index contributed by atoms with van der Waals surface area (Å²) in [5.41, 5.74) is 0.371. The molecule has 1 amide bonds. The Balaban J connectivity index is 1.60. The van der Waals surface area contributed by atoms with Crippen molar-refractivity contribution in [1.82, 2.24) is 9.55 Å². The van der Waals surface area contributed by atoms with Crippen molar-refractivity contribution in [3.8, 4) is 5.75 Å². The average molecular weight is 429 g/mol. The van der Waals surface area contributed by atoms with E-state index in [0.29, 0.717) is 21.7 Å². The zero-order chi connectivity index (χ0) is 21.7. The standard InChI is InChI=1S/C21H23N3O5S/c1-13(2)18(19(26)23-14-4-6-15(28-3)7-5-14)29-17(25)8-10-24-12-22-20-16(21(24)27)9-11-30-20/h4-7,9,11-13,18H,8,10H2,1-3H3,(H,23,26). The van der Waals surface area contributed by atoms with Gasteiger partial charge in [0.15, 0.2) is 6.10 Å². The second-order valence-electron chi connectivity index (χ2n) is 7.00. The predicted molar refractivity (Wildman–Crippen MR) is 115 cm³/mol. The van der Waals surface area contributed by atoms with Crippen molar-refractivity contribution in [2.75, 3.05) is 12.4 Å². The van der Waals surface area contributed by atoms with Crippen LogP contribution in [0.5, 0.6) is 5.75 Å². The first-order valence-corrected chi connectivity index (χ1v) is 10.3. The van der Waals surface area contributed by atoms with E-state index in [1.807, 2.05) is 0 Å². The van der Waals surface area contributed by atoms with Gasteiger partial charge in [-0.3, -0.25) is 19.0 Å². The van der Waals surface area contributed by atoms with Gasteiger partial charge < -0.3 is 14.8 Å². The number of ether oxygens (including phenoxy) is 2. The van der Waals surface area contributed by atoms with E-state index in [2.05, 4.69) is 10.3 Å². The Morgan fingerprint density at radius 3 is 2.60 bits per heavy atom. The second-order valence-corrected chi connectivity index (χ2v) is 7.90. The van der Waals surface area contributed by atoms with Gasteiger partial charge in [0.05, 0.1) is 25.2 Å². The lowest BCUT2D eigenvalue weighted by Gasteiger charge is -2.21. The minimum atomic E-state index is -0.950. The lowest BCUT2D eigenvalue weighted by Crippen LogP contribution is -2.37. The van der Waals surface area contributed by atoms with Crippen molar-refractivity contribution in [1.29, 1.82) is 0 Å². The van der Waals surface area contributed by atoms with E-state index in [1.165, 1.54) is 22.2 Å². The summed E-state index contributed by atoms with van der Waals surface area (Å²) >= 11 is 1.38. The minimum Gasteiger partial charge on any atom is -0.497 e. The summed E-state index contributed by atoms with van der Waals surface area (Å²) in [6, 6.07) is 8.57. The van der Waals surface area contributed by atoms with Crippen LogP contribution in [0, 0.1) is 5.92 Å². The fraction of sp³-hybridized carbons (Fsp3) is 0.333. The molecule has 0 spiro atoms. The summed E-state index contributed by atoms with van der Waals surface area (Å²) in [5.74, 6) is -0.526. The van der Waals surface area contributed by atoms with Crippen molar-refractivity contribution >= 4 is 39.1 Å². The zero-order valence-corrected chi connectivity index (χ0v) is 17.8. The molecule has 0 radical (unpaired) electrons. The van der Waals surface area contributed by atoms with Crippen molar-refractivity contribution < 1.29 is 19.1 Å². The third-order valence-corrected chi connectivity index (χ3v) is 5.31. The zero-order valence-electron chi connectivity index (χ0n) is 17.0. The van der Waals surface area contributed by atoms with Gasteiger partial charge in [0, 0.05) is 12.2 Å². The number of aryl methyl sites for hydroxylation is 1. The third kappa shape index (κ3) is 5.04. The molecule has 30 heavy (non-hydrogen) atoms. The number of hydrogen-bond acceptors (Lipinski definition) is 7. The molecular weight excluding hydrogens is 406 g/mol. The number of esters is 1. The van der Waals surface area contributed by atoms with E-state index in [1.54, 1.807) is 56.7 Å². The summed E-state index contributed by atoms with van der Waals surface area (Å²) in [5, 5.41) is 5.07. The van der Waals surface area contributed by atoms with Crippen LogP contribution in [0.1, 0.15) is 20.3 Å². The van der Waals surface area contributed by atoms with Gasteiger partial charge >= 0.3 is 5.97 Å². The van der Waals surface area contributed by atoms with Gasteiger partial charge in [0.1, 0.15) is 10.6 Å². The van der Waals surface area contributed by atoms with E-state index in [0.717, 1.165) is 0 Å². The molecule has 1 aromatic carbocycles. The molecule has 0 bridgehead atoms. The van der Waals surface area contributed by atoms with E-state index in [4.69, 9.17) is 9.47 Å². The second kappa shape index (κ2) is 9.53. The number of carbonyl (C=O) groups is 2. The average Bonchev–Trinajstić information content (AvgIpc) is 3.21. The van der Waals surface area contributed by atoms with Crippen LogP contribution in [0.2, 0.25) is 0 Å².